The first-order valence-electron chi connectivity index (χ1n) is 7.14. The van der Waals surface area contributed by atoms with Crippen LogP contribution in [0.1, 0.15) is 5.82 Å². The smallest absolute Gasteiger partial charge is 0.161 e. The third kappa shape index (κ3) is 2.76. The molecule has 0 aliphatic carbocycles. The fraction of sp³-hybridized carbons (Fsp3) is 0.235. The Kier molecular flexibility index (Phi) is 4.25. The zero-order chi connectivity index (χ0) is 15.4. The molecule has 3 aromatic rings. The molecular formula is C17H18N2O3. The molecule has 0 unspecified atom stereocenters. The van der Waals surface area contributed by atoms with E-state index in [1.165, 1.54) is 0 Å². The van der Waals surface area contributed by atoms with Crippen LogP contribution in [0.5, 0.6) is 11.5 Å². The average Bonchev–Trinajstić information content (AvgIpc) is 2.91. The topological polar surface area (TPSA) is 56.5 Å². The van der Waals surface area contributed by atoms with Crippen molar-refractivity contribution in [2.75, 3.05) is 13.7 Å². The highest BCUT2D eigenvalue weighted by atomic mass is 16.5. The van der Waals surface area contributed by atoms with Crippen LogP contribution in [-0.4, -0.2) is 28.4 Å². The number of para-hydroxylation sites is 4. The summed E-state index contributed by atoms with van der Waals surface area (Å²) in [6.45, 7) is 0.863. The molecular weight excluding hydrogens is 280 g/mol. The van der Waals surface area contributed by atoms with Crippen LogP contribution in [0.25, 0.3) is 11.0 Å². The van der Waals surface area contributed by atoms with Crippen molar-refractivity contribution in [3.63, 3.8) is 0 Å². The number of benzene rings is 2. The van der Waals surface area contributed by atoms with Gasteiger partial charge in [-0.25, -0.2) is 4.98 Å². The predicted octanol–water partition coefficient (Wildman–Crippen LogP) is 2.62. The molecule has 114 valence electrons. The first-order valence-corrected chi connectivity index (χ1v) is 7.14. The van der Waals surface area contributed by atoms with Gasteiger partial charge in [0.05, 0.1) is 24.8 Å². The van der Waals surface area contributed by atoms with Crippen LogP contribution < -0.4 is 9.47 Å². The summed E-state index contributed by atoms with van der Waals surface area (Å²) in [5.74, 6) is 2.14. The summed E-state index contributed by atoms with van der Waals surface area (Å²) in [6.07, 6.45) is 0. The van der Waals surface area contributed by atoms with Crippen LogP contribution in [0, 0.1) is 0 Å². The van der Waals surface area contributed by atoms with Crippen molar-refractivity contribution in [3.8, 4) is 11.5 Å². The quantitative estimate of drug-likeness (QED) is 0.760. The van der Waals surface area contributed by atoms with Crippen LogP contribution in [-0.2, 0) is 13.2 Å². The normalized spacial score (nSPS) is 10.8. The number of methoxy groups -OCH3 is 1. The Balaban J connectivity index is 1.88. The lowest BCUT2D eigenvalue weighted by atomic mass is 10.3. The van der Waals surface area contributed by atoms with Gasteiger partial charge in [-0.3, -0.25) is 0 Å². The average molecular weight is 298 g/mol. The second-order valence-electron chi connectivity index (χ2n) is 4.83. The van der Waals surface area contributed by atoms with E-state index in [9.17, 15) is 5.11 Å². The van der Waals surface area contributed by atoms with Gasteiger partial charge >= 0.3 is 0 Å². The van der Waals surface area contributed by atoms with Gasteiger partial charge in [0.25, 0.3) is 0 Å². The lowest BCUT2D eigenvalue weighted by Gasteiger charge is -2.11. The van der Waals surface area contributed by atoms with Gasteiger partial charge in [-0.2, -0.15) is 0 Å². The number of imidazole rings is 1. The van der Waals surface area contributed by atoms with E-state index in [2.05, 4.69) is 4.98 Å². The number of aliphatic hydroxyl groups is 1. The molecule has 0 aliphatic heterocycles. The molecule has 0 spiro atoms. The van der Waals surface area contributed by atoms with Gasteiger partial charge in [-0.1, -0.05) is 24.3 Å². The molecule has 1 aromatic heterocycles. The number of fused-ring (bicyclic) bond motifs is 1. The summed E-state index contributed by atoms with van der Waals surface area (Å²) in [6, 6.07) is 15.4. The Morgan fingerprint density at radius 3 is 2.55 bits per heavy atom. The second kappa shape index (κ2) is 6.49. The van der Waals surface area contributed by atoms with Gasteiger partial charge in [-0.05, 0) is 24.3 Å². The molecule has 0 radical (unpaired) electrons. The van der Waals surface area contributed by atoms with E-state index in [4.69, 9.17) is 9.47 Å². The Morgan fingerprint density at radius 2 is 1.77 bits per heavy atom. The van der Waals surface area contributed by atoms with Gasteiger partial charge < -0.3 is 19.1 Å². The molecule has 0 amide bonds. The largest absolute Gasteiger partial charge is 0.493 e. The number of hydrogen-bond donors (Lipinski definition) is 1. The van der Waals surface area contributed by atoms with E-state index < -0.39 is 0 Å². The molecule has 0 atom stereocenters. The lowest BCUT2D eigenvalue weighted by Crippen LogP contribution is -2.10. The number of aliphatic hydroxyl groups excluding tert-OH is 1. The highest BCUT2D eigenvalue weighted by Gasteiger charge is 2.11. The summed E-state index contributed by atoms with van der Waals surface area (Å²) >= 11 is 0. The first kappa shape index (κ1) is 14.4. The van der Waals surface area contributed by atoms with E-state index in [0.29, 0.717) is 24.7 Å². The van der Waals surface area contributed by atoms with Crippen LogP contribution in [0.4, 0.5) is 0 Å². The molecule has 22 heavy (non-hydrogen) atoms. The molecule has 1 heterocycles. The number of ether oxygens (including phenoxy) is 2. The summed E-state index contributed by atoms with van der Waals surface area (Å²) < 4.78 is 13.1. The van der Waals surface area contributed by atoms with Crippen molar-refractivity contribution >= 4 is 11.0 Å². The maximum atomic E-state index is 9.28. The predicted molar refractivity (Wildman–Crippen MR) is 84.1 cm³/mol. The number of hydrogen-bond acceptors (Lipinski definition) is 4. The van der Waals surface area contributed by atoms with Crippen molar-refractivity contribution in [1.29, 1.82) is 0 Å². The van der Waals surface area contributed by atoms with E-state index in [-0.39, 0.29) is 6.61 Å². The summed E-state index contributed by atoms with van der Waals surface area (Å²) in [7, 11) is 1.61. The van der Waals surface area contributed by atoms with E-state index in [0.717, 1.165) is 16.9 Å². The first-order chi connectivity index (χ1) is 10.8. The summed E-state index contributed by atoms with van der Waals surface area (Å²) in [5, 5.41) is 9.28. The molecule has 0 aliphatic rings. The van der Waals surface area contributed by atoms with Crippen molar-refractivity contribution in [3.05, 3.63) is 54.4 Å². The highest BCUT2D eigenvalue weighted by Crippen LogP contribution is 2.27. The minimum Gasteiger partial charge on any atom is -0.493 e. The molecule has 0 saturated heterocycles. The number of aromatic nitrogens is 2. The van der Waals surface area contributed by atoms with Crippen LogP contribution in [0.15, 0.2) is 48.5 Å². The molecule has 2 aromatic carbocycles. The summed E-state index contributed by atoms with van der Waals surface area (Å²) in [5.41, 5.74) is 1.89. The van der Waals surface area contributed by atoms with Crippen LogP contribution in [0.2, 0.25) is 0 Å². The molecule has 1 N–H and O–H groups in total. The Bertz CT molecular complexity index is 767. The standard InChI is InChI=1S/C17H18N2O3/c1-21-15-8-4-5-9-16(15)22-12-17-18-13-6-2-3-7-14(13)19(17)10-11-20/h2-9,20H,10-12H2,1H3. The molecule has 3 rings (SSSR count). The van der Waals surface area contributed by atoms with Gasteiger partial charge in [0.2, 0.25) is 0 Å². The van der Waals surface area contributed by atoms with Crippen molar-refractivity contribution in [1.82, 2.24) is 9.55 Å². The maximum Gasteiger partial charge on any atom is 0.161 e. The SMILES string of the molecule is COc1ccccc1OCc1nc2ccccc2n1CCO. The third-order valence-electron chi connectivity index (χ3n) is 3.48. The molecule has 0 bridgehead atoms. The van der Waals surface area contributed by atoms with Crippen LogP contribution in [0.3, 0.4) is 0 Å². The fourth-order valence-electron chi connectivity index (χ4n) is 2.47. The lowest BCUT2D eigenvalue weighted by molar-refractivity contribution is 0.254. The van der Waals surface area contributed by atoms with Gasteiger partial charge in [0, 0.05) is 6.54 Å². The fourth-order valence-corrected chi connectivity index (χ4v) is 2.47. The second-order valence-corrected chi connectivity index (χ2v) is 4.83. The van der Waals surface area contributed by atoms with Gasteiger partial charge in [-0.15, -0.1) is 0 Å². The zero-order valence-corrected chi connectivity index (χ0v) is 12.4. The minimum absolute atomic E-state index is 0.0576. The Labute approximate surface area is 128 Å². The van der Waals surface area contributed by atoms with Crippen molar-refractivity contribution in [2.45, 2.75) is 13.2 Å². The van der Waals surface area contributed by atoms with E-state index in [1.54, 1.807) is 7.11 Å². The third-order valence-corrected chi connectivity index (χ3v) is 3.48. The highest BCUT2D eigenvalue weighted by molar-refractivity contribution is 5.75. The Morgan fingerprint density at radius 1 is 1.05 bits per heavy atom. The molecule has 5 heteroatoms. The van der Waals surface area contributed by atoms with Gasteiger partial charge in [0.15, 0.2) is 11.5 Å². The van der Waals surface area contributed by atoms with E-state index in [1.807, 2.05) is 53.1 Å². The molecule has 0 fully saturated rings. The summed E-state index contributed by atoms with van der Waals surface area (Å²) in [4.78, 5) is 4.59. The number of nitrogens with zero attached hydrogens (tertiary/aromatic N) is 2. The molecule has 5 nitrogen and oxygen atoms in total. The monoisotopic (exact) mass is 298 g/mol. The maximum absolute atomic E-state index is 9.28. The van der Waals surface area contributed by atoms with Crippen LogP contribution >= 0.6 is 0 Å². The minimum atomic E-state index is 0.0576. The van der Waals surface area contributed by atoms with Crippen molar-refractivity contribution in [2.24, 2.45) is 0 Å². The zero-order valence-electron chi connectivity index (χ0n) is 12.4. The van der Waals surface area contributed by atoms with Crippen molar-refractivity contribution < 1.29 is 14.6 Å². The van der Waals surface area contributed by atoms with Gasteiger partial charge in [0.1, 0.15) is 12.4 Å². The number of rotatable bonds is 6. The van der Waals surface area contributed by atoms with E-state index >= 15 is 0 Å². The molecule has 0 saturated carbocycles. The Hall–Kier alpha value is -2.53.